The first kappa shape index (κ1) is 33.4. The van der Waals surface area contributed by atoms with Crippen molar-refractivity contribution in [1.82, 2.24) is 25.8 Å². The van der Waals surface area contributed by atoms with Crippen LogP contribution in [-0.2, 0) is 25.6 Å². The molecule has 4 N–H and O–H groups in total. The SMILES string of the molecule is CC[C@H](C)[C@@H]1NC(=O)CN(C(=O)c2ccc(OC)c(C)c2)CCNC(=O)[C@H](Cc2ccccc2)NC(=O)[C@@H]2C[C@@H](O)CN2C1=O. The Kier molecular flexibility index (Phi) is 11.2. The van der Waals surface area contributed by atoms with Crippen molar-refractivity contribution in [3.05, 3.63) is 65.2 Å². The van der Waals surface area contributed by atoms with E-state index >= 15 is 0 Å². The Morgan fingerprint density at radius 1 is 1.07 bits per heavy atom. The first-order chi connectivity index (χ1) is 21.5. The van der Waals surface area contributed by atoms with Crippen LogP contribution < -0.4 is 20.7 Å². The zero-order valence-corrected chi connectivity index (χ0v) is 26.2. The molecule has 0 saturated carbocycles. The molecule has 0 bridgehead atoms. The topological polar surface area (TPSA) is 157 Å². The van der Waals surface area contributed by atoms with E-state index in [-0.39, 0.29) is 44.9 Å². The molecular weight excluding hydrogens is 578 g/mol. The smallest absolute Gasteiger partial charge is 0.254 e. The minimum Gasteiger partial charge on any atom is -0.496 e. The van der Waals surface area contributed by atoms with Crippen LogP contribution in [0.3, 0.4) is 0 Å². The third-order valence-electron chi connectivity index (χ3n) is 8.52. The highest BCUT2D eigenvalue weighted by Gasteiger charge is 2.43. The minimum absolute atomic E-state index is 0.00196. The molecular formula is C33H43N5O7. The van der Waals surface area contributed by atoms with E-state index in [4.69, 9.17) is 4.74 Å². The summed E-state index contributed by atoms with van der Waals surface area (Å²) < 4.78 is 5.31. The summed E-state index contributed by atoms with van der Waals surface area (Å²) in [6.45, 7) is 5.07. The second-order valence-corrected chi connectivity index (χ2v) is 11.8. The van der Waals surface area contributed by atoms with Gasteiger partial charge in [0.25, 0.3) is 5.91 Å². The highest BCUT2D eigenvalue weighted by molar-refractivity contribution is 5.98. The van der Waals surface area contributed by atoms with Crippen molar-refractivity contribution in [3.63, 3.8) is 0 Å². The van der Waals surface area contributed by atoms with Gasteiger partial charge in [-0.05, 0) is 42.2 Å². The van der Waals surface area contributed by atoms with Gasteiger partial charge in [-0.1, -0.05) is 50.6 Å². The van der Waals surface area contributed by atoms with E-state index in [0.29, 0.717) is 17.7 Å². The van der Waals surface area contributed by atoms with Crippen molar-refractivity contribution in [2.24, 2.45) is 5.92 Å². The van der Waals surface area contributed by atoms with Crippen LogP contribution in [0.5, 0.6) is 5.75 Å². The van der Waals surface area contributed by atoms with Gasteiger partial charge in [0.1, 0.15) is 23.9 Å². The number of aliphatic hydroxyl groups is 1. The molecule has 4 rings (SSSR count). The number of methoxy groups -OCH3 is 1. The molecule has 0 aromatic heterocycles. The van der Waals surface area contributed by atoms with Gasteiger partial charge < -0.3 is 35.6 Å². The second-order valence-electron chi connectivity index (χ2n) is 11.8. The van der Waals surface area contributed by atoms with Crippen LogP contribution in [0.1, 0.15) is 48.2 Å². The molecule has 0 spiro atoms. The molecule has 2 aliphatic heterocycles. The first-order valence-corrected chi connectivity index (χ1v) is 15.4. The van der Waals surface area contributed by atoms with Crippen molar-refractivity contribution in [1.29, 1.82) is 0 Å². The average molecular weight is 622 g/mol. The van der Waals surface area contributed by atoms with Crippen LogP contribution in [0.2, 0.25) is 0 Å². The molecule has 2 saturated heterocycles. The van der Waals surface area contributed by atoms with Gasteiger partial charge in [0, 0.05) is 38.0 Å². The normalized spacial score (nSPS) is 24.0. The van der Waals surface area contributed by atoms with Gasteiger partial charge in [0.15, 0.2) is 0 Å². The highest BCUT2D eigenvalue weighted by atomic mass is 16.5. The maximum Gasteiger partial charge on any atom is 0.254 e. The number of nitrogens with zero attached hydrogens (tertiary/aromatic N) is 2. The maximum atomic E-state index is 13.9. The van der Waals surface area contributed by atoms with Crippen LogP contribution in [0.15, 0.2) is 48.5 Å². The van der Waals surface area contributed by atoms with E-state index in [0.717, 1.165) is 11.1 Å². The van der Waals surface area contributed by atoms with Crippen molar-refractivity contribution in [3.8, 4) is 5.75 Å². The monoisotopic (exact) mass is 621 g/mol. The summed E-state index contributed by atoms with van der Waals surface area (Å²) in [5.74, 6) is -2.23. The number of aliphatic hydroxyl groups excluding tert-OH is 1. The molecule has 2 aromatic carbocycles. The van der Waals surface area contributed by atoms with Gasteiger partial charge in [-0.15, -0.1) is 0 Å². The van der Waals surface area contributed by atoms with Crippen LogP contribution in [0.4, 0.5) is 0 Å². The van der Waals surface area contributed by atoms with Gasteiger partial charge >= 0.3 is 0 Å². The fourth-order valence-corrected chi connectivity index (χ4v) is 5.77. The molecule has 2 fully saturated rings. The van der Waals surface area contributed by atoms with E-state index < -0.39 is 53.8 Å². The zero-order chi connectivity index (χ0) is 32.7. The number of rotatable bonds is 6. The number of hydrogen-bond donors (Lipinski definition) is 4. The predicted molar refractivity (Wildman–Crippen MR) is 166 cm³/mol. The molecule has 5 atom stereocenters. The summed E-state index contributed by atoms with van der Waals surface area (Å²) >= 11 is 0. The van der Waals surface area contributed by atoms with Crippen molar-refractivity contribution in [2.75, 3.05) is 33.3 Å². The summed E-state index contributed by atoms with van der Waals surface area (Å²) in [5.41, 5.74) is 1.89. The van der Waals surface area contributed by atoms with E-state index in [1.165, 1.54) is 16.9 Å². The van der Waals surface area contributed by atoms with E-state index in [1.54, 1.807) is 25.1 Å². The Balaban J connectivity index is 1.68. The summed E-state index contributed by atoms with van der Waals surface area (Å²) in [7, 11) is 1.54. The third-order valence-corrected chi connectivity index (χ3v) is 8.52. The minimum atomic E-state index is -1.02. The molecule has 2 heterocycles. The number of carbonyl (C=O) groups excluding carboxylic acids is 5. The van der Waals surface area contributed by atoms with Crippen LogP contribution in [0.25, 0.3) is 0 Å². The number of fused-ring (bicyclic) bond motifs is 1. The molecule has 2 aliphatic rings. The van der Waals surface area contributed by atoms with Crippen LogP contribution >= 0.6 is 0 Å². The quantitative estimate of drug-likeness (QED) is 0.372. The molecule has 45 heavy (non-hydrogen) atoms. The molecule has 0 unspecified atom stereocenters. The van der Waals surface area contributed by atoms with Gasteiger partial charge in [0.2, 0.25) is 23.6 Å². The van der Waals surface area contributed by atoms with E-state index in [2.05, 4.69) is 16.0 Å². The highest BCUT2D eigenvalue weighted by Crippen LogP contribution is 2.23. The lowest BCUT2D eigenvalue weighted by Crippen LogP contribution is -2.58. The average Bonchev–Trinajstić information content (AvgIpc) is 3.43. The standard InChI is InChI=1S/C33H43N5O7/c1-5-20(2)29-33(44)38-18-24(39)17-26(38)31(42)35-25(16-22-9-7-6-8-10-22)30(41)34-13-14-37(19-28(40)36-29)32(43)23-11-12-27(45-4)21(3)15-23/h6-12,15,20,24-26,29,39H,5,13-14,16-19H2,1-4H3,(H,34,41)(H,35,42)(H,36,40)/t20-,24+,25-,26-,29-/m0/s1. The fraction of sp³-hybridized carbons (Fsp3) is 0.485. The summed E-state index contributed by atoms with van der Waals surface area (Å²) in [4.78, 5) is 70.7. The number of aryl methyl sites for hydroxylation is 1. The maximum absolute atomic E-state index is 13.9. The summed E-state index contributed by atoms with van der Waals surface area (Å²) in [6.07, 6.45) is -0.207. The largest absolute Gasteiger partial charge is 0.496 e. The zero-order valence-electron chi connectivity index (χ0n) is 26.2. The third kappa shape index (κ3) is 8.18. The molecule has 5 amide bonds. The van der Waals surface area contributed by atoms with Crippen molar-refractivity contribution >= 4 is 29.5 Å². The van der Waals surface area contributed by atoms with Crippen LogP contribution in [-0.4, -0.2) is 102 Å². The second kappa shape index (κ2) is 15.0. The number of nitrogens with one attached hydrogen (secondary N) is 3. The molecule has 242 valence electrons. The number of hydrogen-bond acceptors (Lipinski definition) is 7. The number of ether oxygens (including phenoxy) is 1. The first-order valence-electron chi connectivity index (χ1n) is 15.4. The van der Waals surface area contributed by atoms with Gasteiger partial charge in [-0.3, -0.25) is 24.0 Å². The number of carbonyl (C=O) groups is 5. The summed E-state index contributed by atoms with van der Waals surface area (Å²) in [6, 6.07) is 11.1. The van der Waals surface area contributed by atoms with Crippen LogP contribution in [0, 0.1) is 12.8 Å². The Labute approximate surface area is 263 Å². The van der Waals surface area contributed by atoms with Crippen molar-refractivity contribution < 1.29 is 33.8 Å². The molecule has 2 aromatic rings. The predicted octanol–water partition coefficient (Wildman–Crippen LogP) is 0.796. The molecule has 12 nitrogen and oxygen atoms in total. The van der Waals surface area contributed by atoms with Crippen molar-refractivity contribution in [2.45, 2.75) is 64.3 Å². The van der Waals surface area contributed by atoms with Gasteiger partial charge in [-0.2, -0.15) is 0 Å². The van der Waals surface area contributed by atoms with E-state index in [9.17, 15) is 29.1 Å². The lowest BCUT2D eigenvalue weighted by molar-refractivity contribution is -0.143. The molecule has 12 heteroatoms. The fourth-order valence-electron chi connectivity index (χ4n) is 5.77. The Hall–Kier alpha value is -4.45. The summed E-state index contributed by atoms with van der Waals surface area (Å²) in [5, 5.41) is 18.9. The lowest BCUT2D eigenvalue weighted by atomic mass is 9.97. The Morgan fingerprint density at radius 2 is 1.80 bits per heavy atom. The number of benzene rings is 2. The van der Waals surface area contributed by atoms with Gasteiger partial charge in [-0.25, -0.2) is 0 Å². The molecule has 0 radical (unpaired) electrons. The Morgan fingerprint density at radius 3 is 2.47 bits per heavy atom. The van der Waals surface area contributed by atoms with Gasteiger partial charge in [0.05, 0.1) is 19.8 Å². The lowest BCUT2D eigenvalue weighted by Gasteiger charge is -2.32. The van der Waals surface area contributed by atoms with E-state index in [1.807, 2.05) is 44.2 Å². The number of amides is 5. The Bertz CT molecular complexity index is 1400. The molecule has 0 aliphatic carbocycles.